The van der Waals surface area contributed by atoms with E-state index < -0.39 is 11.9 Å². The minimum atomic E-state index is -0.682. The first-order chi connectivity index (χ1) is 9.02. The summed E-state index contributed by atoms with van der Waals surface area (Å²) in [4.78, 5) is 23.1. The van der Waals surface area contributed by atoms with Gasteiger partial charge in [-0.05, 0) is 6.42 Å². The number of hydrogen-bond acceptors (Lipinski definition) is 7. The first-order valence-electron chi connectivity index (χ1n) is 5.56. The topological polar surface area (TPSA) is 117 Å². The van der Waals surface area contributed by atoms with Crippen LogP contribution in [0.15, 0.2) is 0 Å². The first-order valence-corrected chi connectivity index (χ1v) is 6.37. The van der Waals surface area contributed by atoms with Gasteiger partial charge in [0.05, 0.1) is 18.4 Å². The second-order valence-electron chi connectivity index (χ2n) is 3.68. The highest BCUT2D eigenvalue weighted by Crippen LogP contribution is 2.35. The maximum Gasteiger partial charge on any atom is 0.350 e. The molecule has 1 aromatic heterocycles. The number of nitrogens with one attached hydrogen (secondary N) is 1. The van der Waals surface area contributed by atoms with Crippen LogP contribution in [0.2, 0.25) is 0 Å². The van der Waals surface area contributed by atoms with Crippen LogP contribution in [0.25, 0.3) is 0 Å². The predicted molar refractivity (Wildman–Crippen MR) is 73.6 cm³/mol. The summed E-state index contributed by atoms with van der Waals surface area (Å²) < 4.78 is 9.51. The van der Waals surface area contributed by atoms with Gasteiger partial charge >= 0.3 is 5.97 Å². The minimum absolute atomic E-state index is 0.0543. The van der Waals surface area contributed by atoms with Gasteiger partial charge in [0.25, 0.3) is 5.91 Å². The smallest absolute Gasteiger partial charge is 0.350 e. The monoisotopic (exact) mass is 287 g/mol. The van der Waals surface area contributed by atoms with Crippen molar-refractivity contribution in [3.8, 4) is 0 Å². The summed E-state index contributed by atoms with van der Waals surface area (Å²) in [6.45, 7) is 1.16. The molecule has 5 N–H and O–H groups in total. The third-order valence-corrected chi connectivity index (χ3v) is 3.52. The zero-order chi connectivity index (χ0) is 14.4. The third-order valence-electron chi connectivity index (χ3n) is 2.37. The number of rotatable bonds is 7. The second-order valence-corrected chi connectivity index (χ2v) is 4.70. The van der Waals surface area contributed by atoms with Crippen molar-refractivity contribution >= 4 is 33.9 Å². The molecule has 0 bridgehead atoms. The molecule has 1 rings (SSSR count). The number of thiophene rings is 1. The molecule has 0 aliphatic heterocycles. The Bertz CT molecular complexity index is 473. The van der Waals surface area contributed by atoms with E-state index in [9.17, 15) is 9.59 Å². The van der Waals surface area contributed by atoms with Crippen molar-refractivity contribution in [2.45, 2.75) is 6.42 Å². The van der Waals surface area contributed by atoms with Gasteiger partial charge in [-0.15, -0.1) is 11.3 Å². The van der Waals surface area contributed by atoms with E-state index in [0.29, 0.717) is 18.2 Å². The Kier molecular flexibility index (Phi) is 5.58. The highest BCUT2D eigenvalue weighted by atomic mass is 32.1. The minimum Gasteiger partial charge on any atom is -0.465 e. The van der Waals surface area contributed by atoms with Gasteiger partial charge < -0.3 is 26.3 Å². The lowest BCUT2D eigenvalue weighted by atomic mass is 10.2. The second kappa shape index (κ2) is 6.95. The maximum absolute atomic E-state index is 11.5. The SMILES string of the molecule is COCCCNc1sc(C(=O)OC)c(N)c1C(N)=O. The van der Waals surface area contributed by atoms with Crippen molar-refractivity contribution in [1.29, 1.82) is 0 Å². The summed E-state index contributed by atoms with van der Waals surface area (Å²) in [5, 5.41) is 3.49. The van der Waals surface area contributed by atoms with E-state index in [2.05, 4.69) is 10.1 Å². The van der Waals surface area contributed by atoms with Gasteiger partial charge in [-0.1, -0.05) is 0 Å². The van der Waals surface area contributed by atoms with Gasteiger partial charge in [-0.3, -0.25) is 4.79 Å². The third kappa shape index (κ3) is 3.58. The van der Waals surface area contributed by atoms with Crippen LogP contribution >= 0.6 is 11.3 Å². The highest BCUT2D eigenvalue weighted by molar-refractivity contribution is 7.19. The molecule has 8 heteroatoms. The zero-order valence-electron chi connectivity index (χ0n) is 10.8. The normalized spacial score (nSPS) is 10.2. The van der Waals surface area contributed by atoms with Gasteiger partial charge in [0.1, 0.15) is 9.88 Å². The Morgan fingerprint density at radius 3 is 2.58 bits per heavy atom. The first kappa shape index (κ1) is 15.3. The highest BCUT2D eigenvalue weighted by Gasteiger charge is 2.24. The van der Waals surface area contributed by atoms with Crippen LogP contribution in [0.5, 0.6) is 0 Å². The quantitative estimate of drug-likeness (QED) is 0.501. The lowest BCUT2D eigenvalue weighted by Crippen LogP contribution is -2.15. The standard InChI is InChI=1S/C11H17N3O4S/c1-17-5-3-4-14-10-6(9(13)15)7(12)8(19-10)11(16)18-2/h14H,3-5,12H2,1-2H3,(H2,13,15). The number of esters is 1. The van der Waals surface area contributed by atoms with E-state index in [-0.39, 0.29) is 16.1 Å². The molecule has 1 aromatic rings. The Hall–Kier alpha value is -1.80. The summed E-state index contributed by atoms with van der Waals surface area (Å²) in [5.41, 5.74) is 11.2. The van der Waals surface area contributed by atoms with Gasteiger partial charge in [0.15, 0.2) is 0 Å². The number of carbonyl (C=O) groups excluding carboxylic acids is 2. The van der Waals surface area contributed by atoms with E-state index in [4.69, 9.17) is 16.2 Å². The molecule has 0 spiro atoms. The van der Waals surface area contributed by atoms with Crippen molar-refractivity contribution in [3.63, 3.8) is 0 Å². The fraction of sp³-hybridized carbons (Fsp3) is 0.455. The Labute approximate surface area is 114 Å². The average Bonchev–Trinajstić information content (AvgIpc) is 2.71. The van der Waals surface area contributed by atoms with Gasteiger partial charge in [0.2, 0.25) is 0 Å². The molecule has 0 radical (unpaired) electrons. The number of anilines is 2. The fourth-order valence-corrected chi connectivity index (χ4v) is 2.55. The summed E-state index contributed by atoms with van der Waals surface area (Å²) in [7, 11) is 2.85. The number of nitrogen functional groups attached to an aromatic ring is 1. The number of primary amides is 1. The van der Waals surface area contributed by atoms with Crippen LogP contribution in [0.3, 0.4) is 0 Å². The van der Waals surface area contributed by atoms with Crippen LogP contribution < -0.4 is 16.8 Å². The molecule has 0 saturated heterocycles. The van der Waals surface area contributed by atoms with Crippen molar-refractivity contribution in [2.75, 3.05) is 38.4 Å². The molecule has 0 fully saturated rings. The number of ether oxygens (including phenoxy) is 2. The van der Waals surface area contributed by atoms with Crippen molar-refractivity contribution in [1.82, 2.24) is 0 Å². The van der Waals surface area contributed by atoms with E-state index in [0.717, 1.165) is 17.8 Å². The summed E-state index contributed by atoms with van der Waals surface area (Å²) >= 11 is 1.05. The molecule has 0 aromatic carbocycles. The average molecular weight is 287 g/mol. The van der Waals surface area contributed by atoms with Crippen LogP contribution in [0.1, 0.15) is 26.5 Å². The number of amides is 1. The number of nitrogens with two attached hydrogens (primary N) is 2. The molecule has 0 saturated carbocycles. The summed E-state index contributed by atoms with van der Waals surface area (Å²) in [6, 6.07) is 0. The van der Waals surface area contributed by atoms with Gasteiger partial charge in [-0.25, -0.2) is 4.79 Å². The van der Waals surface area contributed by atoms with E-state index in [1.165, 1.54) is 7.11 Å². The van der Waals surface area contributed by atoms with Crippen molar-refractivity contribution < 1.29 is 19.1 Å². The van der Waals surface area contributed by atoms with E-state index in [1.54, 1.807) is 7.11 Å². The summed E-state index contributed by atoms with van der Waals surface area (Å²) in [6.07, 6.45) is 0.750. The molecule has 1 amide bonds. The van der Waals surface area contributed by atoms with Crippen LogP contribution in [0, 0.1) is 0 Å². The number of hydrogen-bond donors (Lipinski definition) is 3. The largest absolute Gasteiger partial charge is 0.465 e. The maximum atomic E-state index is 11.5. The van der Waals surface area contributed by atoms with Crippen molar-refractivity contribution in [2.24, 2.45) is 5.73 Å². The van der Waals surface area contributed by atoms with Crippen LogP contribution in [-0.4, -0.2) is 39.2 Å². The van der Waals surface area contributed by atoms with E-state index in [1.807, 2.05) is 0 Å². The molecular weight excluding hydrogens is 270 g/mol. The van der Waals surface area contributed by atoms with E-state index >= 15 is 0 Å². The summed E-state index contributed by atoms with van der Waals surface area (Å²) in [5.74, 6) is -1.27. The lowest BCUT2D eigenvalue weighted by Gasteiger charge is -2.05. The Morgan fingerprint density at radius 1 is 1.37 bits per heavy atom. The Balaban J connectivity index is 2.95. The number of carbonyl (C=O) groups is 2. The molecular formula is C11H17N3O4S. The molecule has 0 aliphatic carbocycles. The lowest BCUT2D eigenvalue weighted by molar-refractivity contribution is 0.0607. The zero-order valence-corrected chi connectivity index (χ0v) is 11.6. The Morgan fingerprint density at radius 2 is 2.05 bits per heavy atom. The molecule has 0 atom stereocenters. The molecule has 106 valence electrons. The van der Waals surface area contributed by atoms with Crippen molar-refractivity contribution in [3.05, 3.63) is 10.4 Å². The molecule has 7 nitrogen and oxygen atoms in total. The molecule has 19 heavy (non-hydrogen) atoms. The van der Waals surface area contributed by atoms with Gasteiger partial charge in [-0.2, -0.15) is 0 Å². The number of methoxy groups -OCH3 is 2. The fourth-order valence-electron chi connectivity index (χ4n) is 1.48. The molecule has 0 unspecified atom stereocenters. The van der Waals surface area contributed by atoms with Gasteiger partial charge in [0, 0.05) is 20.3 Å². The predicted octanol–water partition coefficient (Wildman–Crippen LogP) is 0.664. The van der Waals surface area contributed by atoms with Crippen LogP contribution in [0.4, 0.5) is 10.7 Å². The molecule has 1 heterocycles. The van der Waals surface area contributed by atoms with Crippen LogP contribution in [-0.2, 0) is 9.47 Å². The molecule has 0 aliphatic rings.